The number of methoxy groups -OCH3 is 1. The van der Waals surface area contributed by atoms with Crippen LogP contribution in [-0.2, 0) is 0 Å². The zero-order valence-corrected chi connectivity index (χ0v) is 10.7. The largest absolute Gasteiger partial charge is 0.497 e. The number of ether oxygens (including phenoxy) is 1. The van der Waals surface area contributed by atoms with Crippen LogP contribution < -0.4 is 4.74 Å². The van der Waals surface area contributed by atoms with Crippen LogP contribution in [0.2, 0.25) is 0 Å². The van der Waals surface area contributed by atoms with Crippen molar-refractivity contribution in [2.24, 2.45) is 0 Å². The first kappa shape index (κ1) is 12.1. The number of nitriles is 1. The Bertz CT molecular complexity index is 563. The van der Waals surface area contributed by atoms with Crippen molar-refractivity contribution in [1.82, 2.24) is 9.97 Å². The number of aromatic nitrogens is 2. The van der Waals surface area contributed by atoms with Crippen molar-refractivity contribution in [2.75, 3.05) is 12.9 Å². The molecule has 0 spiro atoms. The van der Waals surface area contributed by atoms with E-state index in [1.165, 1.54) is 11.8 Å². The van der Waals surface area contributed by atoms with Crippen LogP contribution in [-0.4, -0.2) is 28.2 Å². The molecule has 1 N–H and O–H groups in total. The standard InChI is InChI=1S/C11H10ClN3OS/c1-16-8-2-3-9-10(4-8)15-11(14-9)17-6-7(12)5-13/h2-4,7H,6H2,1H3,(H,14,15). The van der Waals surface area contributed by atoms with Crippen molar-refractivity contribution in [1.29, 1.82) is 5.26 Å². The van der Waals surface area contributed by atoms with Crippen molar-refractivity contribution >= 4 is 34.4 Å². The number of halogens is 1. The first-order valence-electron chi connectivity index (χ1n) is 4.93. The van der Waals surface area contributed by atoms with Crippen LogP contribution >= 0.6 is 23.4 Å². The molecule has 0 saturated heterocycles. The molecular weight excluding hydrogens is 258 g/mol. The van der Waals surface area contributed by atoms with Gasteiger partial charge in [0.2, 0.25) is 0 Å². The normalized spacial score (nSPS) is 12.3. The third kappa shape index (κ3) is 2.84. The van der Waals surface area contributed by atoms with Crippen molar-refractivity contribution in [3.05, 3.63) is 18.2 Å². The first-order chi connectivity index (χ1) is 8.22. The minimum Gasteiger partial charge on any atom is -0.497 e. The van der Waals surface area contributed by atoms with E-state index in [1.807, 2.05) is 24.3 Å². The molecule has 0 bridgehead atoms. The number of nitrogens with one attached hydrogen (secondary N) is 1. The highest BCUT2D eigenvalue weighted by molar-refractivity contribution is 7.99. The second-order valence-electron chi connectivity index (χ2n) is 3.33. The van der Waals surface area contributed by atoms with E-state index in [0.29, 0.717) is 5.75 Å². The molecule has 0 aliphatic heterocycles. The molecule has 2 aromatic rings. The fraction of sp³-hybridized carbons (Fsp3) is 0.273. The zero-order valence-electron chi connectivity index (χ0n) is 9.11. The number of nitrogens with zero attached hydrogens (tertiary/aromatic N) is 2. The van der Waals surface area contributed by atoms with E-state index in [2.05, 4.69) is 9.97 Å². The van der Waals surface area contributed by atoms with Crippen molar-refractivity contribution in [2.45, 2.75) is 10.5 Å². The van der Waals surface area contributed by atoms with Gasteiger partial charge in [-0.05, 0) is 12.1 Å². The van der Waals surface area contributed by atoms with Crippen LogP contribution in [0.15, 0.2) is 23.4 Å². The number of benzene rings is 1. The topological polar surface area (TPSA) is 61.7 Å². The maximum Gasteiger partial charge on any atom is 0.166 e. The average molecular weight is 268 g/mol. The van der Waals surface area contributed by atoms with Gasteiger partial charge in [-0.3, -0.25) is 0 Å². The number of alkyl halides is 1. The van der Waals surface area contributed by atoms with E-state index in [0.717, 1.165) is 21.9 Å². The number of hydrogen-bond donors (Lipinski definition) is 1. The lowest BCUT2D eigenvalue weighted by Crippen LogP contribution is -1.97. The van der Waals surface area contributed by atoms with E-state index in [9.17, 15) is 0 Å². The second kappa shape index (κ2) is 5.30. The van der Waals surface area contributed by atoms with Gasteiger partial charge in [0, 0.05) is 11.8 Å². The first-order valence-corrected chi connectivity index (χ1v) is 6.35. The van der Waals surface area contributed by atoms with E-state index in [4.69, 9.17) is 21.6 Å². The van der Waals surface area contributed by atoms with E-state index < -0.39 is 5.38 Å². The Labute approximate surface area is 108 Å². The SMILES string of the molecule is COc1ccc2nc(SCC(Cl)C#N)[nH]c2c1. The lowest BCUT2D eigenvalue weighted by atomic mass is 10.3. The Balaban J connectivity index is 2.17. The number of thioether (sulfide) groups is 1. The molecule has 0 amide bonds. The molecular formula is C11H10ClN3OS. The maximum absolute atomic E-state index is 8.58. The predicted molar refractivity (Wildman–Crippen MR) is 68.6 cm³/mol. The van der Waals surface area contributed by atoms with Crippen molar-refractivity contribution in [3.63, 3.8) is 0 Å². The number of imidazole rings is 1. The maximum atomic E-state index is 8.58. The summed E-state index contributed by atoms with van der Waals surface area (Å²) in [6.07, 6.45) is 0. The molecule has 0 aliphatic carbocycles. The second-order valence-corrected chi connectivity index (χ2v) is 4.87. The summed E-state index contributed by atoms with van der Waals surface area (Å²) in [6, 6.07) is 7.60. The molecule has 2 rings (SSSR count). The monoisotopic (exact) mass is 267 g/mol. The molecule has 1 atom stereocenters. The Morgan fingerprint density at radius 2 is 2.47 bits per heavy atom. The molecule has 1 unspecified atom stereocenters. The van der Waals surface area contributed by atoms with Gasteiger partial charge in [0.05, 0.1) is 24.2 Å². The van der Waals surface area contributed by atoms with Gasteiger partial charge in [-0.1, -0.05) is 11.8 Å². The highest BCUT2D eigenvalue weighted by atomic mass is 35.5. The summed E-state index contributed by atoms with van der Waals surface area (Å²) in [5.41, 5.74) is 1.78. The lowest BCUT2D eigenvalue weighted by molar-refractivity contribution is 0.415. The fourth-order valence-electron chi connectivity index (χ4n) is 1.35. The molecule has 0 radical (unpaired) electrons. The number of H-pyrrole nitrogens is 1. The van der Waals surface area contributed by atoms with Gasteiger partial charge >= 0.3 is 0 Å². The summed E-state index contributed by atoms with van der Waals surface area (Å²) < 4.78 is 5.13. The van der Waals surface area contributed by atoms with Gasteiger partial charge in [0.1, 0.15) is 11.1 Å². The van der Waals surface area contributed by atoms with E-state index in [-0.39, 0.29) is 0 Å². The quantitative estimate of drug-likeness (QED) is 0.683. The van der Waals surface area contributed by atoms with E-state index >= 15 is 0 Å². The molecule has 0 aliphatic rings. The molecule has 1 aromatic heterocycles. The summed E-state index contributed by atoms with van der Waals surface area (Å²) in [5, 5.41) is 8.84. The summed E-state index contributed by atoms with van der Waals surface area (Å²) in [6.45, 7) is 0. The molecule has 88 valence electrons. The summed E-state index contributed by atoms with van der Waals surface area (Å²) in [7, 11) is 1.62. The third-order valence-corrected chi connectivity index (χ3v) is 3.58. The minimum absolute atomic E-state index is 0.497. The molecule has 0 saturated carbocycles. The molecule has 1 aromatic carbocycles. The molecule has 17 heavy (non-hydrogen) atoms. The summed E-state index contributed by atoms with van der Waals surface area (Å²) >= 11 is 7.15. The summed E-state index contributed by atoms with van der Waals surface area (Å²) in [4.78, 5) is 7.53. The molecule has 1 heterocycles. The van der Waals surface area contributed by atoms with Crippen LogP contribution in [0.25, 0.3) is 11.0 Å². The van der Waals surface area contributed by atoms with Gasteiger partial charge in [-0.15, -0.1) is 11.6 Å². The lowest BCUT2D eigenvalue weighted by Gasteiger charge is -1.97. The number of rotatable bonds is 4. The Hall–Kier alpha value is -1.38. The predicted octanol–water partition coefficient (Wildman–Crippen LogP) is 2.79. The average Bonchev–Trinajstić information content (AvgIpc) is 2.77. The van der Waals surface area contributed by atoms with Crippen molar-refractivity contribution < 1.29 is 4.74 Å². The smallest absolute Gasteiger partial charge is 0.166 e. The van der Waals surface area contributed by atoms with Gasteiger partial charge in [-0.25, -0.2) is 4.98 Å². The Kier molecular flexibility index (Phi) is 3.77. The molecule has 6 heteroatoms. The fourth-order valence-corrected chi connectivity index (χ4v) is 2.26. The van der Waals surface area contributed by atoms with Gasteiger partial charge in [0.25, 0.3) is 0 Å². The minimum atomic E-state index is -0.497. The summed E-state index contributed by atoms with van der Waals surface area (Å²) in [5.74, 6) is 1.29. The number of hydrogen-bond acceptors (Lipinski definition) is 4. The van der Waals surface area contributed by atoms with Crippen LogP contribution in [0.3, 0.4) is 0 Å². The number of fused-ring (bicyclic) bond motifs is 1. The highest BCUT2D eigenvalue weighted by Crippen LogP contribution is 2.23. The highest BCUT2D eigenvalue weighted by Gasteiger charge is 2.07. The van der Waals surface area contributed by atoms with Gasteiger partial charge < -0.3 is 9.72 Å². The van der Waals surface area contributed by atoms with Crippen LogP contribution in [0.1, 0.15) is 0 Å². The zero-order chi connectivity index (χ0) is 12.3. The molecule has 4 nitrogen and oxygen atoms in total. The van der Waals surface area contributed by atoms with Gasteiger partial charge in [0.15, 0.2) is 5.16 Å². The van der Waals surface area contributed by atoms with Crippen LogP contribution in [0, 0.1) is 11.3 Å². The Morgan fingerprint density at radius 1 is 1.65 bits per heavy atom. The molecule has 0 fully saturated rings. The van der Waals surface area contributed by atoms with E-state index in [1.54, 1.807) is 7.11 Å². The third-order valence-electron chi connectivity index (χ3n) is 2.17. The van der Waals surface area contributed by atoms with Crippen molar-refractivity contribution in [3.8, 4) is 11.8 Å². The van der Waals surface area contributed by atoms with Crippen LogP contribution in [0.5, 0.6) is 5.75 Å². The van der Waals surface area contributed by atoms with Crippen LogP contribution in [0.4, 0.5) is 0 Å². The number of aromatic amines is 1. The Morgan fingerprint density at radius 3 is 3.18 bits per heavy atom. The van der Waals surface area contributed by atoms with Gasteiger partial charge in [-0.2, -0.15) is 5.26 Å².